The Morgan fingerprint density at radius 1 is 1.00 bits per heavy atom. The van der Waals surface area contributed by atoms with Crippen molar-refractivity contribution in [1.29, 1.82) is 0 Å². The number of allylic oxidation sites excluding steroid dienone is 1. The lowest BCUT2D eigenvalue weighted by atomic mass is 9.46. The molecule has 0 spiro atoms. The van der Waals surface area contributed by atoms with Gasteiger partial charge >= 0.3 is 6.18 Å². The molecule has 9 atom stereocenters. The third-order valence-corrected chi connectivity index (χ3v) is 11.3. The summed E-state index contributed by atoms with van der Waals surface area (Å²) in [7, 11) is 0. The fraction of sp³-hybridized carbons (Fsp3) is 0.931. The molecule has 34 heavy (non-hydrogen) atoms. The third kappa shape index (κ3) is 4.19. The summed E-state index contributed by atoms with van der Waals surface area (Å²) < 4.78 is 40.7. The highest BCUT2D eigenvalue weighted by Crippen LogP contribution is 2.68. The normalized spacial score (nSPS) is 44.5. The highest BCUT2D eigenvalue weighted by atomic mass is 19.4. The van der Waals surface area contributed by atoms with Crippen molar-refractivity contribution in [3.8, 4) is 0 Å². The highest BCUT2D eigenvalue weighted by molar-refractivity contribution is 5.28. The van der Waals surface area contributed by atoms with E-state index in [1.54, 1.807) is 0 Å². The van der Waals surface area contributed by atoms with Crippen molar-refractivity contribution in [2.75, 3.05) is 0 Å². The van der Waals surface area contributed by atoms with E-state index in [-0.39, 0.29) is 35.2 Å². The first-order valence-electron chi connectivity index (χ1n) is 13.7. The Labute approximate surface area is 204 Å². The molecule has 3 unspecified atom stereocenters. The van der Waals surface area contributed by atoms with Gasteiger partial charge < -0.3 is 10.2 Å². The van der Waals surface area contributed by atoms with Crippen LogP contribution in [-0.4, -0.2) is 28.1 Å². The van der Waals surface area contributed by atoms with Crippen molar-refractivity contribution >= 4 is 0 Å². The van der Waals surface area contributed by atoms with Gasteiger partial charge in [0.2, 0.25) is 0 Å². The summed E-state index contributed by atoms with van der Waals surface area (Å²) in [5.74, 6) is 2.84. The Kier molecular flexibility index (Phi) is 6.63. The second-order valence-electron chi connectivity index (χ2n) is 14.1. The van der Waals surface area contributed by atoms with Crippen LogP contribution in [0.4, 0.5) is 13.2 Å². The number of alkyl halides is 3. The van der Waals surface area contributed by atoms with Crippen LogP contribution in [0.2, 0.25) is 0 Å². The van der Waals surface area contributed by atoms with Gasteiger partial charge in [-0.05, 0) is 104 Å². The van der Waals surface area contributed by atoms with Gasteiger partial charge in [-0.1, -0.05) is 53.2 Å². The van der Waals surface area contributed by atoms with Crippen LogP contribution < -0.4 is 0 Å². The lowest BCUT2D eigenvalue weighted by Crippen LogP contribution is -2.55. The van der Waals surface area contributed by atoms with Gasteiger partial charge in [0.15, 0.2) is 5.60 Å². The van der Waals surface area contributed by atoms with Gasteiger partial charge in [-0.2, -0.15) is 13.2 Å². The van der Waals surface area contributed by atoms with Gasteiger partial charge in [0.25, 0.3) is 0 Å². The van der Waals surface area contributed by atoms with Crippen LogP contribution >= 0.6 is 0 Å². The third-order valence-electron chi connectivity index (χ3n) is 11.3. The molecule has 4 aliphatic rings. The van der Waals surface area contributed by atoms with Crippen LogP contribution in [0.3, 0.4) is 0 Å². The van der Waals surface area contributed by atoms with Gasteiger partial charge in [0.05, 0.1) is 6.10 Å². The molecule has 0 aromatic rings. The molecular formula is C29H47F3O2. The van der Waals surface area contributed by atoms with Crippen LogP contribution in [0.15, 0.2) is 11.6 Å². The topological polar surface area (TPSA) is 40.5 Å². The molecule has 4 rings (SSSR count). The first-order chi connectivity index (χ1) is 15.5. The number of hydrogen-bond donors (Lipinski definition) is 2. The second kappa shape index (κ2) is 8.50. The first-order valence-corrected chi connectivity index (χ1v) is 13.7. The Bertz CT molecular complexity index is 798. The molecule has 0 aromatic carbocycles. The van der Waals surface area contributed by atoms with E-state index >= 15 is 0 Å². The monoisotopic (exact) mass is 484 g/mol. The number of halogens is 3. The molecule has 0 bridgehead atoms. The Hall–Kier alpha value is -0.550. The summed E-state index contributed by atoms with van der Waals surface area (Å²) in [5, 5.41) is 21.0. The SMILES string of the molecule is C[C@H](CCC(O)C(C)(C)C)[C@H]1CC[C@H]2C3CC=C4C[C@](O)(C(F)(F)F)CC[C@]4(C)C3CC[C@]12C. The van der Waals surface area contributed by atoms with Gasteiger partial charge in [0.1, 0.15) is 0 Å². The van der Waals surface area contributed by atoms with E-state index in [4.69, 9.17) is 0 Å². The summed E-state index contributed by atoms with van der Waals surface area (Å²) in [6, 6.07) is 0. The lowest BCUT2D eigenvalue weighted by Gasteiger charge is -2.59. The maximum Gasteiger partial charge on any atom is 0.417 e. The molecule has 0 amide bonds. The largest absolute Gasteiger partial charge is 0.417 e. The zero-order valence-corrected chi connectivity index (χ0v) is 22.1. The number of aliphatic hydroxyl groups excluding tert-OH is 1. The molecule has 2 nitrogen and oxygen atoms in total. The maximum atomic E-state index is 13.6. The minimum atomic E-state index is -4.56. The van der Waals surface area contributed by atoms with Crippen molar-refractivity contribution in [1.82, 2.24) is 0 Å². The standard InChI is InChI=1S/C29H47F3O2/c1-18(7-12-24(33)25(2,3)4)21-10-11-22-20-9-8-19-17-28(34,29(30,31)32)16-15-26(19,5)23(20)13-14-27(21,22)6/h8,18,20-24,33-34H,7,9-17H2,1-6H3/t18-,20?,21-,22+,23?,24?,26+,27-,28+/m1/s1. The molecule has 5 heteroatoms. The van der Waals surface area contributed by atoms with Gasteiger partial charge in [-0.3, -0.25) is 0 Å². The first kappa shape index (κ1) is 26.5. The van der Waals surface area contributed by atoms with Crippen molar-refractivity contribution in [3.63, 3.8) is 0 Å². The fourth-order valence-electron chi connectivity index (χ4n) is 8.92. The summed E-state index contributed by atoms with van der Waals surface area (Å²) >= 11 is 0. The average molecular weight is 485 g/mol. The Balaban J connectivity index is 1.49. The fourth-order valence-corrected chi connectivity index (χ4v) is 8.92. The molecule has 2 N–H and O–H groups in total. The van der Waals surface area contributed by atoms with E-state index in [0.29, 0.717) is 36.0 Å². The minimum Gasteiger partial charge on any atom is -0.393 e. The lowest BCUT2D eigenvalue weighted by molar-refractivity contribution is -0.271. The van der Waals surface area contributed by atoms with Gasteiger partial charge in [0, 0.05) is 6.42 Å². The molecule has 0 saturated heterocycles. The van der Waals surface area contributed by atoms with Crippen molar-refractivity contribution in [2.24, 2.45) is 45.8 Å². The Morgan fingerprint density at radius 2 is 1.68 bits per heavy atom. The quantitative estimate of drug-likeness (QED) is 0.402. The summed E-state index contributed by atoms with van der Waals surface area (Å²) in [5.41, 5.74) is -1.69. The highest BCUT2D eigenvalue weighted by Gasteiger charge is 2.63. The van der Waals surface area contributed by atoms with E-state index < -0.39 is 11.8 Å². The van der Waals surface area contributed by atoms with Crippen LogP contribution in [0.5, 0.6) is 0 Å². The molecule has 3 saturated carbocycles. The van der Waals surface area contributed by atoms with Crippen LogP contribution in [0.1, 0.15) is 106 Å². The maximum absolute atomic E-state index is 13.6. The van der Waals surface area contributed by atoms with E-state index in [1.807, 2.05) is 0 Å². The number of rotatable bonds is 4. The van der Waals surface area contributed by atoms with E-state index in [1.165, 1.54) is 12.8 Å². The van der Waals surface area contributed by atoms with Crippen LogP contribution in [0, 0.1) is 45.8 Å². The zero-order chi connectivity index (χ0) is 25.3. The van der Waals surface area contributed by atoms with Gasteiger partial charge in [-0.15, -0.1) is 0 Å². The summed E-state index contributed by atoms with van der Waals surface area (Å²) in [6.45, 7) is 13.4. The molecule has 0 aliphatic heterocycles. The van der Waals surface area contributed by atoms with Gasteiger partial charge in [-0.25, -0.2) is 0 Å². The minimum absolute atomic E-state index is 0.0836. The van der Waals surface area contributed by atoms with Crippen molar-refractivity contribution < 1.29 is 23.4 Å². The van der Waals surface area contributed by atoms with E-state index in [2.05, 4.69) is 47.6 Å². The molecule has 4 aliphatic carbocycles. The number of aliphatic hydroxyl groups is 2. The van der Waals surface area contributed by atoms with Crippen molar-refractivity contribution in [2.45, 2.75) is 124 Å². The summed E-state index contributed by atoms with van der Waals surface area (Å²) in [6.07, 6.45) is 4.74. The van der Waals surface area contributed by atoms with Crippen LogP contribution in [0.25, 0.3) is 0 Å². The average Bonchev–Trinajstić information content (AvgIpc) is 3.08. The molecule has 0 aromatic heterocycles. The predicted octanol–water partition coefficient (Wildman–Crippen LogP) is 7.68. The number of hydrogen-bond acceptors (Lipinski definition) is 2. The molecular weight excluding hydrogens is 437 g/mol. The molecule has 0 heterocycles. The smallest absolute Gasteiger partial charge is 0.393 e. The van der Waals surface area contributed by atoms with E-state index in [9.17, 15) is 23.4 Å². The van der Waals surface area contributed by atoms with Crippen molar-refractivity contribution in [3.05, 3.63) is 11.6 Å². The number of fused-ring (bicyclic) bond motifs is 5. The predicted molar refractivity (Wildman–Crippen MR) is 130 cm³/mol. The van der Waals surface area contributed by atoms with Crippen LogP contribution in [-0.2, 0) is 0 Å². The van der Waals surface area contributed by atoms with E-state index in [0.717, 1.165) is 37.7 Å². The Morgan fingerprint density at radius 3 is 2.29 bits per heavy atom. The zero-order valence-electron chi connectivity index (χ0n) is 22.1. The molecule has 196 valence electrons. The molecule has 3 fully saturated rings. The molecule has 0 radical (unpaired) electrons. The second-order valence-corrected chi connectivity index (χ2v) is 14.1. The summed E-state index contributed by atoms with van der Waals surface area (Å²) in [4.78, 5) is 0.